The van der Waals surface area contributed by atoms with E-state index in [1.165, 1.54) is 11.6 Å². The molecule has 0 fully saturated rings. The fourth-order valence-electron chi connectivity index (χ4n) is 3.18. The smallest absolute Gasteiger partial charge is 0.129 e. The van der Waals surface area contributed by atoms with E-state index < -0.39 is 5.60 Å². The molecule has 0 aliphatic heterocycles. The van der Waals surface area contributed by atoms with E-state index in [-0.39, 0.29) is 5.82 Å². The molecule has 0 amide bonds. The maximum atomic E-state index is 14.2. The Kier molecular flexibility index (Phi) is 7.56. The monoisotopic (exact) mass is 419 g/mol. The van der Waals surface area contributed by atoms with Crippen LogP contribution in [0.25, 0.3) is 0 Å². The second-order valence-electron chi connectivity index (χ2n) is 7.05. The Hall–Kier alpha value is -1.49. The topological polar surface area (TPSA) is 32.3 Å². The van der Waals surface area contributed by atoms with Crippen LogP contribution in [0.3, 0.4) is 0 Å². The molecule has 2 rings (SSSR count). The van der Waals surface area contributed by atoms with Gasteiger partial charge >= 0.3 is 0 Å². The van der Waals surface area contributed by atoms with E-state index in [2.05, 4.69) is 46.9 Å². The van der Waals surface area contributed by atoms with Crippen LogP contribution >= 0.6 is 15.9 Å². The average molecular weight is 420 g/mol. The number of hydrogen-bond acceptors (Lipinski definition) is 2. The molecule has 4 heteroatoms. The first kappa shape index (κ1) is 20.8. The summed E-state index contributed by atoms with van der Waals surface area (Å²) in [5.74, 6) is -0.0229. The first-order valence-electron chi connectivity index (χ1n) is 8.90. The lowest BCUT2D eigenvalue weighted by Gasteiger charge is -2.30. The number of rotatable bonds is 9. The molecule has 0 saturated heterocycles. The summed E-state index contributed by atoms with van der Waals surface area (Å²) < 4.78 is 15.3. The Morgan fingerprint density at radius 2 is 1.88 bits per heavy atom. The maximum absolute atomic E-state index is 14.2. The van der Waals surface area contributed by atoms with Crippen LogP contribution in [-0.2, 0) is 5.60 Å². The first-order chi connectivity index (χ1) is 12.3. The van der Waals surface area contributed by atoms with Crippen molar-refractivity contribution in [2.24, 2.45) is 0 Å². The van der Waals surface area contributed by atoms with Gasteiger partial charge in [0.05, 0.1) is 5.60 Å². The predicted octanol–water partition coefficient (Wildman–Crippen LogP) is 5.53. The van der Waals surface area contributed by atoms with Gasteiger partial charge in [-0.25, -0.2) is 4.39 Å². The van der Waals surface area contributed by atoms with E-state index in [1.807, 2.05) is 19.1 Å². The normalized spacial score (nSPS) is 14.7. The molecule has 2 N–H and O–H groups in total. The highest BCUT2D eigenvalue weighted by Gasteiger charge is 2.31. The van der Waals surface area contributed by atoms with Crippen molar-refractivity contribution in [2.45, 2.75) is 38.2 Å². The Balaban J connectivity index is 1.96. The van der Waals surface area contributed by atoms with E-state index in [4.69, 9.17) is 0 Å². The molecular weight excluding hydrogens is 393 g/mol. The van der Waals surface area contributed by atoms with E-state index in [0.717, 1.165) is 16.6 Å². The highest BCUT2D eigenvalue weighted by molar-refractivity contribution is 9.10. The van der Waals surface area contributed by atoms with Crippen LogP contribution in [0.4, 0.5) is 4.39 Å². The zero-order valence-corrected chi connectivity index (χ0v) is 17.0. The van der Waals surface area contributed by atoms with E-state index in [9.17, 15) is 9.50 Å². The summed E-state index contributed by atoms with van der Waals surface area (Å²) in [6.07, 6.45) is 0.770. The van der Waals surface area contributed by atoms with E-state index >= 15 is 0 Å². The standard InChI is InChI=1S/C22H27BrFNO/c1-16(2)14-22(26,20-6-4-5-7-21(20)24)12-13-25-15-17(3)18-8-10-19(23)11-9-18/h4-11,17,25-26H,1,12-15H2,2-3H3. The number of benzene rings is 2. The number of aliphatic hydroxyl groups is 1. The van der Waals surface area contributed by atoms with Crippen molar-refractivity contribution in [3.63, 3.8) is 0 Å². The third-order valence-corrected chi connectivity index (χ3v) is 5.10. The van der Waals surface area contributed by atoms with E-state index in [0.29, 0.717) is 30.9 Å². The van der Waals surface area contributed by atoms with Gasteiger partial charge in [-0.1, -0.05) is 58.8 Å². The van der Waals surface area contributed by atoms with Crippen LogP contribution in [0.2, 0.25) is 0 Å². The van der Waals surface area contributed by atoms with Crippen LogP contribution in [0.5, 0.6) is 0 Å². The molecule has 0 aliphatic carbocycles. The SMILES string of the molecule is C=C(C)CC(O)(CCNCC(C)c1ccc(Br)cc1)c1ccccc1F. The molecule has 0 heterocycles. The van der Waals surface area contributed by atoms with Crippen molar-refractivity contribution in [2.75, 3.05) is 13.1 Å². The van der Waals surface area contributed by atoms with Crippen LogP contribution in [0.1, 0.15) is 43.7 Å². The molecular formula is C22H27BrFNO. The van der Waals surface area contributed by atoms with Gasteiger partial charge in [0, 0.05) is 23.0 Å². The van der Waals surface area contributed by atoms with Crippen molar-refractivity contribution in [3.8, 4) is 0 Å². The van der Waals surface area contributed by atoms with Gasteiger partial charge in [0.25, 0.3) is 0 Å². The van der Waals surface area contributed by atoms with Crippen LogP contribution < -0.4 is 5.32 Å². The van der Waals surface area contributed by atoms with Crippen molar-refractivity contribution < 1.29 is 9.50 Å². The number of nitrogens with one attached hydrogen (secondary N) is 1. The minimum atomic E-state index is -1.25. The molecule has 0 saturated carbocycles. The summed E-state index contributed by atoms with van der Waals surface area (Å²) >= 11 is 3.45. The van der Waals surface area contributed by atoms with Gasteiger partial charge in [0.2, 0.25) is 0 Å². The van der Waals surface area contributed by atoms with Crippen LogP contribution in [-0.4, -0.2) is 18.2 Å². The minimum absolute atomic E-state index is 0.339. The Morgan fingerprint density at radius 3 is 2.50 bits per heavy atom. The summed E-state index contributed by atoms with van der Waals surface area (Å²) in [7, 11) is 0. The number of halogens is 2. The zero-order valence-electron chi connectivity index (χ0n) is 15.4. The molecule has 0 aromatic heterocycles. The first-order valence-corrected chi connectivity index (χ1v) is 9.69. The molecule has 0 spiro atoms. The van der Waals surface area contributed by atoms with Gasteiger partial charge in [-0.3, -0.25) is 0 Å². The molecule has 0 bridgehead atoms. The van der Waals surface area contributed by atoms with Gasteiger partial charge in [-0.15, -0.1) is 6.58 Å². The highest BCUT2D eigenvalue weighted by atomic mass is 79.9. The Bertz CT molecular complexity index is 731. The fourth-order valence-corrected chi connectivity index (χ4v) is 3.44. The van der Waals surface area contributed by atoms with E-state index in [1.54, 1.807) is 18.2 Å². The largest absolute Gasteiger partial charge is 0.385 e. The lowest BCUT2D eigenvalue weighted by Crippen LogP contribution is -2.33. The molecule has 0 radical (unpaired) electrons. The summed E-state index contributed by atoms with van der Waals surface area (Å²) in [4.78, 5) is 0. The Morgan fingerprint density at radius 1 is 1.23 bits per heavy atom. The van der Waals surface area contributed by atoms with Crippen LogP contribution in [0.15, 0.2) is 65.2 Å². The van der Waals surface area contributed by atoms with Crippen molar-refractivity contribution >= 4 is 15.9 Å². The number of hydrogen-bond donors (Lipinski definition) is 2. The molecule has 2 aromatic carbocycles. The van der Waals surface area contributed by atoms with Crippen molar-refractivity contribution in [1.82, 2.24) is 5.32 Å². The lowest BCUT2D eigenvalue weighted by atomic mass is 9.84. The summed E-state index contributed by atoms with van der Waals surface area (Å²) in [6, 6.07) is 14.7. The molecule has 2 unspecified atom stereocenters. The van der Waals surface area contributed by atoms with Crippen molar-refractivity contribution in [3.05, 3.63) is 82.1 Å². The third kappa shape index (κ3) is 5.76. The van der Waals surface area contributed by atoms with Gasteiger partial charge in [0.15, 0.2) is 0 Å². The maximum Gasteiger partial charge on any atom is 0.129 e. The summed E-state index contributed by atoms with van der Waals surface area (Å²) in [5.41, 5.74) is 1.18. The van der Waals surface area contributed by atoms with Crippen LogP contribution in [0, 0.1) is 5.82 Å². The molecule has 2 nitrogen and oxygen atoms in total. The second-order valence-corrected chi connectivity index (χ2v) is 7.97. The quantitative estimate of drug-likeness (QED) is 0.413. The molecule has 2 aromatic rings. The molecule has 0 aliphatic rings. The van der Waals surface area contributed by atoms with Gasteiger partial charge in [-0.05, 0) is 49.6 Å². The summed E-state index contributed by atoms with van der Waals surface area (Å²) in [6.45, 7) is 9.30. The molecule has 26 heavy (non-hydrogen) atoms. The van der Waals surface area contributed by atoms with Crippen molar-refractivity contribution in [1.29, 1.82) is 0 Å². The third-order valence-electron chi connectivity index (χ3n) is 4.57. The summed E-state index contributed by atoms with van der Waals surface area (Å²) in [5, 5.41) is 14.5. The highest BCUT2D eigenvalue weighted by Crippen LogP contribution is 2.33. The van der Waals surface area contributed by atoms with Gasteiger partial charge < -0.3 is 10.4 Å². The van der Waals surface area contributed by atoms with Gasteiger partial charge in [0.1, 0.15) is 5.82 Å². The fraction of sp³-hybridized carbons (Fsp3) is 0.364. The average Bonchev–Trinajstić information content (AvgIpc) is 2.59. The van der Waals surface area contributed by atoms with Gasteiger partial charge in [-0.2, -0.15) is 0 Å². The minimum Gasteiger partial charge on any atom is -0.385 e. The predicted molar refractivity (Wildman–Crippen MR) is 110 cm³/mol. The Labute approximate surface area is 164 Å². The zero-order chi connectivity index (χ0) is 19.2. The lowest BCUT2D eigenvalue weighted by molar-refractivity contribution is 0.0247. The molecule has 2 atom stereocenters. The second kappa shape index (κ2) is 9.45. The molecule has 140 valence electrons.